The Labute approximate surface area is 153 Å². The fraction of sp³-hybridized carbons (Fsp3) is 0.526. The van der Waals surface area contributed by atoms with Gasteiger partial charge in [-0.1, -0.05) is 54.9 Å². The van der Waals surface area contributed by atoms with Gasteiger partial charge < -0.3 is 9.88 Å². The third-order valence-corrected chi connectivity index (χ3v) is 5.60. The van der Waals surface area contributed by atoms with Gasteiger partial charge in [0, 0.05) is 13.0 Å². The zero-order chi connectivity index (χ0) is 17.6. The molecule has 0 unspecified atom stereocenters. The van der Waals surface area contributed by atoms with Gasteiger partial charge in [-0.15, -0.1) is 10.2 Å². The molecule has 0 spiro atoms. The summed E-state index contributed by atoms with van der Waals surface area (Å²) in [6.07, 6.45) is 5.45. The summed E-state index contributed by atoms with van der Waals surface area (Å²) in [4.78, 5) is 12.4. The van der Waals surface area contributed by atoms with E-state index in [1.54, 1.807) is 0 Å². The number of nitrogens with zero attached hydrogens (tertiary/aromatic N) is 3. The SMILES string of the molecule is CC[C@@H](NC(=O)CSc1nnc2n1CCCCC2)c1ccc(C)cc1. The van der Waals surface area contributed by atoms with E-state index in [9.17, 15) is 4.79 Å². The fourth-order valence-corrected chi connectivity index (χ4v) is 3.95. The average molecular weight is 359 g/mol. The highest BCUT2D eigenvalue weighted by molar-refractivity contribution is 7.99. The Hall–Kier alpha value is -1.82. The average Bonchev–Trinajstić information content (AvgIpc) is 2.85. The van der Waals surface area contributed by atoms with Crippen LogP contribution in [0.5, 0.6) is 0 Å². The van der Waals surface area contributed by atoms with Gasteiger partial charge in [-0.25, -0.2) is 0 Å². The maximum absolute atomic E-state index is 12.4. The molecule has 0 aliphatic carbocycles. The molecule has 134 valence electrons. The minimum Gasteiger partial charge on any atom is -0.349 e. The minimum atomic E-state index is 0.0448. The first-order valence-corrected chi connectivity index (χ1v) is 10.1. The predicted octanol–water partition coefficient (Wildman–Crippen LogP) is 3.67. The Morgan fingerprint density at radius 2 is 2.04 bits per heavy atom. The van der Waals surface area contributed by atoms with E-state index in [0.717, 1.165) is 42.4 Å². The number of hydrogen-bond donors (Lipinski definition) is 1. The largest absolute Gasteiger partial charge is 0.349 e. The molecule has 2 heterocycles. The number of benzene rings is 1. The molecule has 25 heavy (non-hydrogen) atoms. The Balaban J connectivity index is 1.57. The topological polar surface area (TPSA) is 59.8 Å². The fourth-order valence-electron chi connectivity index (χ4n) is 3.15. The Kier molecular flexibility index (Phi) is 6.13. The summed E-state index contributed by atoms with van der Waals surface area (Å²) in [5.74, 6) is 1.48. The van der Waals surface area contributed by atoms with Crippen LogP contribution < -0.4 is 5.32 Å². The van der Waals surface area contributed by atoms with Crippen molar-refractivity contribution >= 4 is 17.7 Å². The molecule has 0 fully saturated rings. The lowest BCUT2D eigenvalue weighted by Gasteiger charge is -2.17. The van der Waals surface area contributed by atoms with Gasteiger partial charge in [0.05, 0.1) is 11.8 Å². The van der Waals surface area contributed by atoms with E-state index < -0.39 is 0 Å². The lowest BCUT2D eigenvalue weighted by Crippen LogP contribution is -2.29. The number of carbonyl (C=O) groups excluding carboxylic acids is 1. The van der Waals surface area contributed by atoms with Crippen LogP contribution in [0.4, 0.5) is 0 Å². The smallest absolute Gasteiger partial charge is 0.230 e. The molecule has 5 nitrogen and oxygen atoms in total. The van der Waals surface area contributed by atoms with Crippen molar-refractivity contribution in [3.8, 4) is 0 Å². The van der Waals surface area contributed by atoms with Crippen LogP contribution in [0.15, 0.2) is 29.4 Å². The molecule has 6 heteroatoms. The molecule has 1 aliphatic heterocycles. The number of rotatable bonds is 6. The van der Waals surface area contributed by atoms with E-state index in [2.05, 4.69) is 58.2 Å². The predicted molar refractivity (Wildman–Crippen MR) is 101 cm³/mol. The maximum atomic E-state index is 12.4. The Bertz CT molecular complexity index is 711. The molecule has 1 atom stereocenters. The maximum Gasteiger partial charge on any atom is 0.230 e. The van der Waals surface area contributed by atoms with Crippen LogP contribution in [0.25, 0.3) is 0 Å². The Morgan fingerprint density at radius 1 is 1.24 bits per heavy atom. The molecular weight excluding hydrogens is 332 g/mol. The number of thioether (sulfide) groups is 1. The number of nitrogens with one attached hydrogen (secondary N) is 1. The zero-order valence-corrected chi connectivity index (χ0v) is 15.8. The van der Waals surface area contributed by atoms with E-state index in [0.29, 0.717) is 5.75 Å². The number of amides is 1. The van der Waals surface area contributed by atoms with Gasteiger partial charge in [-0.2, -0.15) is 0 Å². The van der Waals surface area contributed by atoms with Crippen molar-refractivity contribution < 1.29 is 4.79 Å². The molecular formula is C19H26N4OS. The van der Waals surface area contributed by atoms with E-state index in [-0.39, 0.29) is 11.9 Å². The molecule has 0 bridgehead atoms. The number of fused-ring (bicyclic) bond motifs is 1. The molecule has 1 aromatic heterocycles. The number of aryl methyl sites for hydroxylation is 2. The molecule has 3 rings (SSSR count). The zero-order valence-electron chi connectivity index (χ0n) is 15.0. The third-order valence-electron chi connectivity index (χ3n) is 4.63. The first-order valence-electron chi connectivity index (χ1n) is 9.08. The van der Waals surface area contributed by atoms with E-state index in [1.807, 2.05) is 0 Å². The monoisotopic (exact) mass is 358 g/mol. The van der Waals surface area contributed by atoms with E-state index >= 15 is 0 Å². The van der Waals surface area contributed by atoms with Crippen molar-refractivity contribution in [3.05, 3.63) is 41.2 Å². The van der Waals surface area contributed by atoms with Crippen LogP contribution >= 0.6 is 11.8 Å². The normalized spacial score (nSPS) is 15.3. The molecule has 0 saturated carbocycles. The van der Waals surface area contributed by atoms with Gasteiger partial charge in [0.2, 0.25) is 5.91 Å². The van der Waals surface area contributed by atoms with Crippen molar-refractivity contribution in [2.75, 3.05) is 5.75 Å². The van der Waals surface area contributed by atoms with Gasteiger partial charge in [0.25, 0.3) is 0 Å². The summed E-state index contributed by atoms with van der Waals surface area (Å²) < 4.78 is 2.18. The van der Waals surface area contributed by atoms with Gasteiger partial charge >= 0.3 is 0 Å². The van der Waals surface area contributed by atoms with Gasteiger partial charge in [0.1, 0.15) is 5.82 Å². The van der Waals surface area contributed by atoms with Crippen molar-refractivity contribution in [1.29, 1.82) is 0 Å². The second-order valence-corrected chi connectivity index (χ2v) is 7.53. The third kappa shape index (κ3) is 4.63. The van der Waals surface area contributed by atoms with Crippen molar-refractivity contribution in [2.24, 2.45) is 0 Å². The Morgan fingerprint density at radius 3 is 2.80 bits per heavy atom. The molecule has 2 aromatic rings. The van der Waals surface area contributed by atoms with Crippen LogP contribution in [0.3, 0.4) is 0 Å². The molecule has 1 N–H and O–H groups in total. The van der Waals surface area contributed by atoms with Gasteiger partial charge in [-0.3, -0.25) is 4.79 Å². The van der Waals surface area contributed by atoms with Crippen LogP contribution in [0.2, 0.25) is 0 Å². The van der Waals surface area contributed by atoms with Gasteiger partial charge in [-0.05, 0) is 31.7 Å². The molecule has 1 amide bonds. The van der Waals surface area contributed by atoms with Crippen LogP contribution in [-0.2, 0) is 17.8 Å². The lowest BCUT2D eigenvalue weighted by molar-refractivity contribution is -0.119. The number of hydrogen-bond acceptors (Lipinski definition) is 4. The lowest BCUT2D eigenvalue weighted by atomic mass is 10.0. The number of carbonyl (C=O) groups is 1. The highest BCUT2D eigenvalue weighted by Gasteiger charge is 2.17. The molecule has 0 saturated heterocycles. The summed E-state index contributed by atoms with van der Waals surface area (Å²) in [6.45, 7) is 5.13. The van der Waals surface area contributed by atoms with Crippen molar-refractivity contribution in [3.63, 3.8) is 0 Å². The quantitative estimate of drug-likeness (QED) is 0.801. The number of aromatic nitrogens is 3. The second kappa shape index (κ2) is 8.52. The van der Waals surface area contributed by atoms with Crippen molar-refractivity contribution in [1.82, 2.24) is 20.1 Å². The van der Waals surface area contributed by atoms with E-state index in [4.69, 9.17) is 0 Å². The van der Waals surface area contributed by atoms with Crippen molar-refractivity contribution in [2.45, 2.75) is 63.7 Å². The molecule has 0 radical (unpaired) electrons. The molecule has 1 aromatic carbocycles. The molecule has 1 aliphatic rings. The highest BCUT2D eigenvalue weighted by Crippen LogP contribution is 2.22. The first-order chi connectivity index (χ1) is 12.2. The first kappa shape index (κ1) is 18.0. The van der Waals surface area contributed by atoms with Crippen LogP contribution in [0, 0.1) is 6.92 Å². The summed E-state index contributed by atoms with van der Waals surface area (Å²) in [5.41, 5.74) is 2.38. The summed E-state index contributed by atoms with van der Waals surface area (Å²) in [7, 11) is 0. The standard InChI is InChI=1S/C19H26N4OS/c1-3-16(15-10-8-14(2)9-11-15)20-18(24)13-25-19-22-21-17-7-5-4-6-12-23(17)19/h8-11,16H,3-7,12-13H2,1-2H3,(H,20,24)/t16-/m1/s1. The minimum absolute atomic E-state index is 0.0448. The van der Waals surface area contributed by atoms with Gasteiger partial charge in [0.15, 0.2) is 5.16 Å². The summed E-state index contributed by atoms with van der Waals surface area (Å²) in [6, 6.07) is 8.42. The summed E-state index contributed by atoms with van der Waals surface area (Å²) >= 11 is 1.49. The van der Waals surface area contributed by atoms with Crippen LogP contribution in [-0.4, -0.2) is 26.4 Å². The second-order valence-electron chi connectivity index (χ2n) is 6.59. The summed E-state index contributed by atoms with van der Waals surface area (Å²) in [5, 5.41) is 12.6. The van der Waals surface area contributed by atoms with Crippen LogP contribution in [0.1, 0.15) is 55.6 Å². The highest BCUT2D eigenvalue weighted by atomic mass is 32.2. The van der Waals surface area contributed by atoms with E-state index in [1.165, 1.54) is 30.2 Å².